The molecular weight excluding hydrogens is 568 g/mol. The highest BCUT2D eigenvalue weighted by atomic mass is 35.5. The van der Waals surface area contributed by atoms with Crippen LogP contribution in [0.3, 0.4) is 0 Å². The predicted octanol–water partition coefficient (Wildman–Crippen LogP) is 4.73. The highest BCUT2D eigenvalue weighted by Crippen LogP contribution is 2.23. The molecule has 0 atom stereocenters. The summed E-state index contributed by atoms with van der Waals surface area (Å²) < 4.78 is 39.2. The van der Waals surface area contributed by atoms with E-state index in [4.69, 9.17) is 20.8 Å². The Labute approximate surface area is 242 Å². The van der Waals surface area contributed by atoms with Crippen LogP contribution in [0.15, 0.2) is 99.3 Å². The number of benzene rings is 3. The third-order valence-electron chi connectivity index (χ3n) is 5.86. The van der Waals surface area contributed by atoms with Gasteiger partial charge in [-0.1, -0.05) is 41.4 Å². The number of nitrogens with zero attached hydrogens (tertiary/aromatic N) is 2. The molecule has 12 heteroatoms. The summed E-state index contributed by atoms with van der Waals surface area (Å²) in [5.41, 5.74) is 4.22. The molecule has 41 heavy (non-hydrogen) atoms. The quantitative estimate of drug-likeness (QED) is 0.155. The Hall–Kier alpha value is -4.45. The molecule has 10 nitrogen and oxygen atoms in total. The standard InChI is InChI=1S/C29H27ClN4O6S/c1-20-3-15-27(16-4-20)41(37,38)34(18-21-5-7-22(30)8-6-21)19-26-14-13-25(40-26)17-31-33-29(36)28(35)32-23-9-11-24(39-2)12-10-23/h3-17H,18-19H2,1-2H3,(H,32,35)(H,33,36)/b31-17+. The summed E-state index contributed by atoms with van der Waals surface area (Å²) in [6.45, 7) is 1.89. The Balaban J connectivity index is 1.42. The van der Waals surface area contributed by atoms with E-state index in [0.29, 0.717) is 22.2 Å². The molecule has 4 aromatic rings. The van der Waals surface area contributed by atoms with Crippen molar-refractivity contribution in [2.45, 2.75) is 24.9 Å². The van der Waals surface area contributed by atoms with Crippen molar-refractivity contribution in [1.29, 1.82) is 0 Å². The van der Waals surface area contributed by atoms with E-state index < -0.39 is 21.8 Å². The number of halogens is 1. The van der Waals surface area contributed by atoms with E-state index in [0.717, 1.165) is 11.1 Å². The first-order valence-electron chi connectivity index (χ1n) is 12.3. The maximum atomic E-state index is 13.5. The number of hydrogen-bond donors (Lipinski definition) is 2. The summed E-state index contributed by atoms with van der Waals surface area (Å²) in [7, 11) is -2.36. The maximum absolute atomic E-state index is 13.5. The summed E-state index contributed by atoms with van der Waals surface area (Å²) in [5, 5.41) is 6.75. The zero-order valence-electron chi connectivity index (χ0n) is 22.2. The topological polar surface area (TPSA) is 130 Å². The van der Waals surface area contributed by atoms with Crippen molar-refractivity contribution in [3.8, 4) is 5.75 Å². The van der Waals surface area contributed by atoms with Gasteiger partial charge in [-0.2, -0.15) is 9.41 Å². The van der Waals surface area contributed by atoms with Crippen LogP contribution in [0.2, 0.25) is 5.02 Å². The first-order chi connectivity index (χ1) is 19.6. The van der Waals surface area contributed by atoms with Crippen LogP contribution >= 0.6 is 11.6 Å². The van der Waals surface area contributed by atoms with Crippen molar-refractivity contribution in [1.82, 2.24) is 9.73 Å². The lowest BCUT2D eigenvalue weighted by Gasteiger charge is -2.21. The Morgan fingerprint density at radius 1 is 0.927 bits per heavy atom. The molecule has 0 saturated carbocycles. The zero-order valence-corrected chi connectivity index (χ0v) is 23.8. The molecule has 0 radical (unpaired) electrons. The second-order valence-electron chi connectivity index (χ2n) is 8.90. The van der Waals surface area contributed by atoms with Gasteiger partial charge >= 0.3 is 11.8 Å². The number of methoxy groups -OCH3 is 1. The number of hydrogen-bond acceptors (Lipinski definition) is 7. The summed E-state index contributed by atoms with van der Waals surface area (Å²) in [5.74, 6) is -0.695. The van der Waals surface area contributed by atoms with Crippen LogP contribution in [0.5, 0.6) is 5.75 Å². The third kappa shape index (κ3) is 8.04. The van der Waals surface area contributed by atoms with Gasteiger partial charge in [0.15, 0.2) is 0 Å². The molecule has 3 aromatic carbocycles. The minimum Gasteiger partial charge on any atom is -0.497 e. The smallest absolute Gasteiger partial charge is 0.329 e. The van der Waals surface area contributed by atoms with Crippen LogP contribution < -0.4 is 15.5 Å². The normalized spacial score (nSPS) is 11.5. The first kappa shape index (κ1) is 29.5. The number of amides is 2. The Morgan fingerprint density at radius 3 is 2.27 bits per heavy atom. The van der Waals surface area contributed by atoms with Gasteiger partial charge in [0.2, 0.25) is 10.0 Å². The highest BCUT2D eigenvalue weighted by Gasteiger charge is 2.26. The van der Waals surface area contributed by atoms with Crippen molar-refractivity contribution in [3.63, 3.8) is 0 Å². The number of rotatable bonds is 10. The first-order valence-corrected chi connectivity index (χ1v) is 14.1. The van der Waals surface area contributed by atoms with Gasteiger partial charge in [0.05, 0.1) is 24.8 Å². The van der Waals surface area contributed by atoms with E-state index in [-0.39, 0.29) is 23.7 Å². The van der Waals surface area contributed by atoms with Crippen LogP contribution in [-0.2, 0) is 32.7 Å². The van der Waals surface area contributed by atoms with Crippen molar-refractivity contribution < 1.29 is 27.2 Å². The number of carbonyl (C=O) groups excluding carboxylic acids is 2. The molecule has 0 spiro atoms. The molecule has 0 aliphatic heterocycles. The summed E-state index contributed by atoms with van der Waals surface area (Å²) >= 11 is 5.99. The number of sulfonamides is 1. The summed E-state index contributed by atoms with van der Waals surface area (Å²) in [6.07, 6.45) is 1.21. The van der Waals surface area contributed by atoms with Crippen LogP contribution in [0.1, 0.15) is 22.6 Å². The minimum absolute atomic E-state index is 0.0662. The largest absolute Gasteiger partial charge is 0.497 e. The fourth-order valence-corrected chi connectivity index (χ4v) is 5.19. The van der Waals surface area contributed by atoms with Crippen molar-refractivity contribution in [2.24, 2.45) is 5.10 Å². The molecule has 2 N–H and O–H groups in total. The molecule has 0 saturated heterocycles. The van der Waals surface area contributed by atoms with Crippen molar-refractivity contribution in [2.75, 3.05) is 12.4 Å². The fourth-order valence-electron chi connectivity index (χ4n) is 3.67. The third-order valence-corrected chi connectivity index (χ3v) is 7.92. The lowest BCUT2D eigenvalue weighted by atomic mass is 10.2. The molecule has 0 aliphatic rings. The molecule has 0 fully saturated rings. The van der Waals surface area contributed by atoms with Gasteiger partial charge in [-0.15, -0.1) is 0 Å². The molecule has 0 aliphatic carbocycles. The van der Waals surface area contributed by atoms with Crippen molar-refractivity contribution in [3.05, 3.63) is 113 Å². The number of anilines is 1. The molecule has 212 valence electrons. The highest BCUT2D eigenvalue weighted by molar-refractivity contribution is 7.89. The van der Waals surface area contributed by atoms with Crippen LogP contribution in [0.4, 0.5) is 5.69 Å². The van der Waals surface area contributed by atoms with E-state index in [1.165, 1.54) is 17.6 Å². The number of furan rings is 1. The molecule has 4 rings (SSSR count). The molecule has 0 unspecified atom stereocenters. The van der Waals surface area contributed by atoms with E-state index in [1.54, 1.807) is 84.9 Å². The van der Waals surface area contributed by atoms with Gasteiger partial charge in [0.25, 0.3) is 0 Å². The van der Waals surface area contributed by atoms with E-state index in [2.05, 4.69) is 15.8 Å². The lowest BCUT2D eigenvalue weighted by molar-refractivity contribution is -0.136. The van der Waals surface area contributed by atoms with Crippen molar-refractivity contribution >= 4 is 45.3 Å². The molecule has 1 heterocycles. The van der Waals surface area contributed by atoms with Gasteiger partial charge in [0.1, 0.15) is 17.3 Å². The summed E-state index contributed by atoms with van der Waals surface area (Å²) in [6, 6.07) is 23.1. The lowest BCUT2D eigenvalue weighted by Crippen LogP contribution is -2.32. The van der Waals surface area contributed by atoms with Gasteiger partial charge in [-0.05, 0) is 73.2 Å². The Kier molecular flexibility index (Phi) is 9.56. The molecule has 0 bridgehead atoms. The summed E-state index contributed by atoms with van der Waals surface area (Å²) in [4.78, 5) is 24.4. The van der Waals surface area contributed by atoms with E-state index in [1.807, 2.05) is 6.92 Å². The number of hydrazone groups is 1. The minimum atomic E-state index is -3.88. The molecular formula is C29H27ClN4O6S. The van der Waals surface area contributed by atoms with E-state index in [9.17, 15) is 18.0 Å². The van der Waals surface area contributed by atoms with Gasteiger partial charge < -0.3 is 14.5 Å². The number of aryl methyl sites for hydroxylation is 1. The van der Waals surface area contributed by atoms with Crippen LogP contribution in [0.25, 0.3) is 0 Å². The van der Waals surface area contributed by atoms with Crippen LogP contribution in [-0.4, -0.2) is 37.9 Å². The average molecular weight is 595 g/mol. The van der Waals surface area contributed by atoms with Gasteiger partial charge in [-0.25, -0.2) is 13.8 Å². The average Bonchev–Trinajstić information content (AvgIpc) is 3.41. The number of nitrogens with one attached hydrogen (secondary N) is 2. The second kappa shape index (κ2) is 13.3. The predicted molar refractivity (Wildman–Crippen MR) is 155 cm³/mol. The fraction of sp³-hybridized carbons (Fsp3) is 0.138. The second-order valence-corrected chi connectivity index (χ2v) is 11.3. The molecule has 1 aromatic heterocycles. The van der Waals surface area contributed by atoms with E-state index >= 15 is 0 Å². The maximum Gasteiger partial charge on any atom is 0.329 e. The molecule has 2 amide bonds. The Bertz CT molecular complexity index is 1630. The van der Waals surface area contributed by atoms with Crippen LogP contribution in [0, 0.1) is 6.92 Å². The Morgan fingerprint density at radius 2 is 1.61 bits per heavy atom. The van der Waals surface area contributed by atoms with Gasteiger partial charge in [0, 0.05) is 17.3 Å². The zero-order chi connectivity index (χ0) is 29.4. The van der Waals surface area contributed by atoms with Gasteiger partial charge in [-0.3, -0.25) is 9.59 Å². The SMILES string of the molecule is COc1ccc(NC(=O)C(=O)N/N=C/c2ccc(CN(Cc3ccc(Cl)cc3)S(=O)(=O)c3ccc(C)cc3)o2)cc1. The number of carbonyl (C=O) groups is 2. The monoisotopic (exact) mass is 594 g/mol. The number of ether oxygens (including phenoxy) is 1.